The van der Waals surface area contributed by atoms with Gasteiger partial charge >= 0.3 is 12.0 Å². The van der Waals surface area contributed by atoms with Crippen molar-refractivity contribution < 1.29 is 20.2 Å². The number of hydrogen-bond donors (Lipinski definition) is 4. The third-order valence-corrected chi connectivity index (χ3v) is 0.852. The lowest BCUT2D eigenvalue weighted by Gasteiger charge is -1.98. The topological polar surface area (TPSA) is 122 Å². The minimum atomic E-state index is -1.12. The highest BCUT2D eigenvalue weighted by molar-refractivity contribution is 5.84. The second kappa shape index (κ2) is 2.99. The van der Waals surface area contributed by atoms with Crippen molar-refractivity contribution >= 4 is 12.0 Å². The molecule has 0 aromatic rings. The first-order valence-corrected chi connectivity index (χ1v) is 2.25. The summed E-state index contributed by atoms with van der Waals surface area (Å²) < 4.78 is 0. The fraction of sp³-hybridized carbons (Fsp3) is 0.333. The maximum Gasteiger partial charge on any atom is 0.343 e. The summed E-state index contributed by atoms with van der Waals surface area (Å²) in [7, 11) is 0. The van der Waals surface area contributed by atoms with Crippen molar-refractivity contribution in [1.82, 2.24) is 16.2 Å². The Bertz CT molecular complexity index is 158. The van der Waals surface area contributed by atoms with Crippen molar-refractivity contribution in [1.29, 1.82) is 0 Å². The van der Waals surface area contributed by atoms with Gasteiger partial charge in [0.05, 0.1) is 0 Å². The summed E-state index contributed by atoms with van der Waals surface area (Å²) in [5.41, 5.74) is 4.27. The standard InChI is InChI=1S/C3H5N3O3.H2O/c7-2(8)1-4-3(9)6-5-1;/h1,5H,(H,7,8)(H2,4,6,9);1H2. The molecule has 1 aliphatic heterocycles. The molecule has 0 aromatic heterocycles. The largest absolute Gasteiger partial charge is 0.479 e. The van der Waals surface area contributed by atoms with E-state index in [0.29, 0.717) is 0 Å². The molecule has 1 atom stereocenters. The Morgan fingerprint density at radius 1 is 1.60 bits per heavy atom. The van der Waals surface area contributed by atoms with Crippen LogP contribution in [0.2, 0.25) is 0 Å². The first-order chi connectivity index (χ1) is 4.20. The van der Waals surface area contributed by atoms with E-state index in [1.807, 2.05) is 0 Å². The number of hydrazine groups is 1. The number of amides is 2. The maximum absolute atomic E-state index is 10.2. The van der Waals surface area contributed by atoms with E-state index >= 15 is 0 Å². The van der Waals surface area contributed by atoms with Gasteiger partial charge in [0.25, 0.3) is 0 Å². The predicted octanol–water partition coefficient (Wildman–Crippen LogP) is -2.61. The molecule has 1 rings (SSSR count). The minimum absolute atomic E-state index is 0. The zero-order chi connectivity index (χ0) is 6.85. The third-order valence-electron chi connectivity index (χ3n) is 0.852. The van der Waals surface area contributed by atoms with Crippen LogP contribution in [-0.2, 0) is 4.79 Å². The number of aliphatic carboxylic acids is 1. The molecule has 7 nitrogen and oxygen atoms in total. The molecule has 0 spiro atoms. The molecule has 0 saturated carbocycles. The van der Waals surface area contributed by atoms with E-state index < -0.39 is 18.2 Å². The number of hydrogen-bond acceptors (Lipinski definition) is 3. The molecule has 0 aliphatic carbocycles. The second-order valence-electron chi connectivity index (χ2n) is 1.51. The Hall–Kier alpha value is -1.34. The molecular weight excluding hydrogens is 142 g/mol. The molecule has 1 heterocycles. The van der Waals surface area contributed by atoms with Crippen molar-refractivity contribution in [2.45, 2.75) is 6.17 Å². The van der Waals surface area contributed by atoms with E-state index in [9.17, 15) is 9.59 Å². The van der Waals surface area contributed by atoms with Crippen LogP contribution in [0.5, 0.6) is 0 Å². The summed E-state index contributed by atoms with van der Waals surface area (Å²) >= 11 is 0. The van der Waals surface area contributed by atoms with Gasteiger partial charge in [0.15, 0.2) is 6.17 Å². The van der Waals surface area contributed by atoms with E-state index in [1.54, 1.807) is 0 Å². The maximum atomic E-state index is 10.2. The van der Waals surface area contributed by atoms with E-state index in [-0.39, 0.29) is 5.48 Å². The monoisotopic (exact) mass is 149 g/mol. The number of urea groups is 1. The lowest BCUT2D eigenvalue weighted by atomic mass is 10.5. The smallest absolute Gasteiger partial charge is 0.343 e. The first kappa shape index (κ1) is 8.66. The van der Waals surface area contributed by atoms with E-state index in [0.717, 1.165) is 0 Å². The van der Waals surface area contributed by atoms with Gasteiger partial charge in [-0.2, -0.15) is 0 Å². The first-order valence-electron chi connectivity index (χ1n) is 2.25. The summed E-state index contributed by atoms with van der Waals surface area (Å²) in [6.45, 7) is 0. The van der Waals surface area contributed by atoms with Crippen molar-refractivity contribution in [2.75, 3.05) is 0 Å². The van der Waals surface area contributed by atoms with E-state index in [4.69, 9.17) is 5.11 Å². The van der Waals surface area contributed by atoms with Crippen LogP contribution < -0.4 is 16.2 Å². The Labute approximate surface area is 55.7 Å². The number of carbonyl (C=O) groups excluding carboxylic acids is 1. The fourth-order valence-electron chi connectivity index (χ4n) is 0.464. The molecular formula is C3H7N3O4. The summed E-state index contributed by atoms with van der Waals surface area (Å²) in [5, 5.41) is 10.3. The highest BCUT2D eigenvalue weighted by atomic mass is 16.4. The van der Waals surface area contributed by atoms with Crippen molar-refractivity contribution in [2.24, 2.45) is 0 Å². The Morgan fingerprint density at radius 3 is 2.40 bits per heavy atom. The Kier molecular flexibility index (Phi) is 2.59. The average Bonchev–Trinajstić information content (AvgIpc) is 2.14. The number of rotatable bonds is 1. The third kappa shape index (κ3) is 1.57. The van der Waals surface area contributed by atoms with Gasteiger partial charge in [-0.25, -0.2) is 15.0 Å². The van der Waals surface area contributed by atoms with Crippen LogP contribution >= 0.6 is 0 Å². The quantitative estimate of drug-likeness (QED) is 0.326. The van der Waals surface area contributed by atoms with Crippen molar-refractivity contribution in [3.8, 4) is 0 Å². The van der Waals surface area contributed by atoms with Gasteiger partial charge in [-0.1, -0.05) is 0 Å². The van der Waals surface area contributed by atoms with Crippen molar-refractivity contribution in [3.05, 3.63) is 0 Å². The molecule has 0 bridgehead atoms. The molecule has 58 valence electrons. The van der Waals surface area contributed by atoms with Crippen LogP contribution in [-0.4, -0.2) is 28.7 Å². The molecule has 1 saturated heterocycles. The summed E-state index contributed by atoms with van der Waals surface area (Å²) in [5.74, 6) is -1.12. The number of nitrogens with one attached hydrogen (secondary N) is 3. The van der Waals surface area contributed by atoms with Gasteiger partial charge in [-0.05, 0) is 0 Å². The zero-order valence-corrected chi connectivity index (χ0v) is 4.84. The molecule has 1 unspecified atom stereocenters. The zero-order valence-electron chi connectivity index (χ0n) is 4.84. The van der Waals surface area contributed by atoms with Crippen LogP contribution in [0, 0.1) is 0 Å². The average molecular weight is 149 g/mol. The number of carboxylic acids is 1. The van der Waals surface area contributed by atoms with Crippen LogP contribution in [0.1, 0.15) is 0 Å². The lowest BCUT2D eigenvalue weighted by molar-refractivity contribution is -0.139. The summed E-state index contributed by atoms with van der Waals surface area (Å²) in [6, 6.07) is -0.526. The van der Waals surface area contributed by atoms with E-state index in [1.165, 1.54) is 0 Å². The lowest BCUT2D eigenvalue weighted by Crippen LogP contribution is -2.40. The van der Waals surface area contributed by atoms with Gasteiger partial charge in [-0.15, -0.1) is 0 Å². The molecule has 1 fully saturated rings. The Balaban J connectivity index is 0.000000810. The predicted molar refractivity (Wildman–Crippen MR) is 29.8 cm³/mol. The molecule has 1 aliphatic rings. The van der Waals surface area contributed by atoms with Gasteiger partial charge in [0, 0.05) is 0 Å². The van der Waals surface area contributed by atoms with Crippen LogP contribution in [0.3, 0.4) is 0 Å². The number of carboxylic acid groups (broad SMARTS) is 1. The van der Waals surface area contributed by atoms with Crippen molar-refractivity contribution in [3.63, 3.8) is 0 Å². The van der Waals surface area contributed by atoms with Gasteiger partial charge < -0.3 is 15.9 Å². The number of carbonyl (C=O) groups is 2. The van der Waals surface area contributed by atoms with Gasteiger partial charge in [-0.3, -0.25) is 5.43 Å². The summed E-state index contributed by atoms with van der Waals surface area (Å²) in [4.78, 5) is 20.2. The van der Waals surface area contributed by atoms with Gasteiger partial charge in [0.2, 0.25) is 0 Å². The normalized spacial score (nSPS) is 22.4. The van der Waals surface area contributed by atoms with Crippen LogP contribution in [0.15, 0.2) is 0 Å². The minimum Gasteiger partial charge on any atom is -0.479 e. The van der Waals surface area contributed by atoms with Crippen LogP contribution in [0.25, 0.3) is 0 Å². The molecule has 0 aromatic carbocycles. The Morgan fingerprint density at radius 2 is 2.20 bits per heavy atom. The highest BCUT2D eigenvalue weighted by Crippen LogP contribution is 1.81. The molecule has 6 N–H and O–H groups in total. The molecule has 7 heteroatoms. The fourth-order valence-corrected chi connectivity index (χ4v) is 0.464. The summed E-state index contributed by atoms with van der Waals surface area (Å²) in [6.07, 6.45) is -1.00. The van der Waals surface area contributed by atoms with E-state index in [2.05, 4.69) is 16.2 Å². The second-order valence-corrected chi connectivity index (χ2v) is 1.51. The van der Waals surface area contributed by atoms with Crippen LogP contribution in [0.4, 0.5) is 4.79 Å². The molecule has 10 heavy (non-hydrogen) atoms. The SMILES string of the molecule is O.O=C1NNC(C(=O)O)N1. The molecule has 0 radical (unpaired) electrons. The van der Waals surface area contributed by atoms with Gasteiger partial charge in [0.1, 0.15) is 0 Å². The molecule has 2 amide bonds. The highest BCUT2D eigenvalue weighted by Gasteiger charge is 2.24.